The number of amides is 3. The number of hydrogen-bond donors (Lipinski definition) is 2. The van der Waals surface area contributed by atoms with E-state index in [1.807, 2.05) is 32.3 Å². The minimum Gasteiger partial charge on any atom is -0.322 e. The monoisotopic (exact) mass is 358 g/mol. The second-order valence-corrected chi connectivity index (χ2v) is 7.17. The second kappa shape index (κ2) is 7.55. The van der Waals surface area contributed by atoms with Gasteiger partial charge in [-0.1, -0.05) is 18.2 Å². The van der Waals surface area contributed by atoms with Crippen LogP contribution in [0.1, 0.15) is 41.3 Å². The maximum atomic E-state index is 13.1. The molecule has 2 N–H and O–H groups in total. The summed E-state index contributed by atoms with van der Waals surface area (Å²) in [5.41, 5.74) is 2.64. The molecule has 7 heteroatoms. The molecule has 0 bridgehead atoms. The maximum absolute atomic E-state index is 13.1. The predicted molar refractivity (Wildman–Crippen MR) is 97.3 cm³/mol. The molecule has 1 aromatic rings. The fourth-order valence-corrected chi connectivity index (χ4v) is 3.70. The Balaban J connectivity index is 1.80. The summed E-state index contributed by atoms with van der Waals surface area (Å²) in [5.74, 6) is -0.750. The van der Waals surface area contributed by atoms with E-state index in [-0.39, 0.29) is 24.1 Å². The van der Waals surface area contributed by atoms with E-state index in [0.29, 0.717) is 31.1 Å². The molecule has 0 spiro atoms. The molecule has 3 amide bonds. The van der Waals surface area contributed by atoms with Gasteiger partial charge in [-0.05, 0) is 38.6 Å². The molecular formula is C19H26N4O3. The van der Waals surface area contributed by atoms with Crippen LogP contribution in [-0.2, 0) is 22.7 Å². The lowest BCUT2D eigenvalue weighted by molar-refractivity contribution is -0.136. The van der Waals surface area contributed by atoms with Crippen molar-refractivity contribution in [2.75, 3.05) is 20.6 Å². The number of carbonyl (C=O) groups excluding carboxylic acids is 3. The molecule has 7 nitrogen and oxygen atoms in total. The molecule has 0 aromatic heterocycles. The normalized spacial score (nSPS) is 21.2. The van der Waals surface area contributed by atoms with E-state index in [1.165, 1.54) is 0 Å². The van der Waals surface area contributed by atoms with Crippen LogP contribution in [0.2, 0.25) is 0 Å². The lowest BCUT2D eigenvalue weighted by Crippen LogP contribution is -2.52. The number of nitrogens with one attached hydrogen (secondary N) is 2. The molecule has 2 aliphatic heterocycles. The molecule has 2 aliphatic rings. The van der Waals surface area contributed by atoms with Crippen molar-refractivity contribution in [3.8, 4) is 0 Å². The highest BCUT2D eigenvalue weighted by atomic mass is 16.2. The first-order valence-corrected chi connectivity index (χ1v) is 9.02. The first-order chi connectivity index (χ1) is 12.4. The van der Waals surface area contributed by atoms with Crippen molar-refractivity contribution in [2.24, 2.45) is 0 Å². The number of likely N-dealkylation sites (N-methyl/N-ethyl adjacent to an activating group) is 2. The summed E-state index contributed by atoms with van der Waals surface area (Å²) < 4.78 is 0. The van der Waals surface area contributed by atoms with Crippen LogP contribution in [0, 0.1) is 0 Å². The Morgan fingerprint density at radius 1 is 1.35 bits per heavy atom. The Morgan fingerprint density at radius 3 is 2.81 bits per heavy atom. The van der Waals surface area contributed by atoms with Crippen LogP contribution < -0.4 is 10.6 Å². The molecule has 0 radical (unpaired) electrons. The Kier molecular flexibility index (Phi) is 5.38. The highest BCUT2D eigenvalue weighted by molar-refractivity contribution is 6.05. The molecular weight excluding hydrogens is 332 g/mol. The van der Waals surface area contributed by atoms with E-state index in [9.17, 15) is 14.4 Å². The number of hydrogen-bond acceptors (Lipinski definition) is 5. The fourth-order valence-electron chi connectivity index (χ4n) is 3.70. The van der Waals surface area contributed by atoms with Crippen LogP contribution in [-0.4, -0.2) is 60.2 Å². The predicted octanol–water partition coefficient (Wildman–Crippen LogP) is 0.487. The standard InChI is InChI=1S/C19H26N4O3/c1-12(9-20-2)22(3)10-13-5-4-6-14-11-23(19(26)17(13)14)15-7-8-16(24)21-18(15)25/h4-6,12,15,20H,7-11H2,1-3H3,(H,21,24,25). The van der Waals surface area contributed by atoms with E-state index < -0.39 is 6.04 Å². The molecule has 2 heterocycles. The van der Waals surface area contributed by atoms with Gasteiger partial charge in [0, 0.05) is 37.7 Å². The average molecular weight is 358 g/mol. The van der Waals surface area contributed by atoms with Crippen molar-refractivity contribution in [3.05, 3.63) is 34.9 Å². The van der Waals surface area contributed by atoms with E-state index in [0.717, 1.165) is 17.7 Å². The molecule has 1 fully saturated rings. The van der Waals surface area contributed by atoms with Crippen LogP contribution in [0.5, 0.6) is 0 Å². The summed E-state index contributed by atoms with van der Waals surface area (Å²) in [7, 11) is 3.96. The fraction of sp³-hybridized carbons (Fsp3) is 0.526. The van der Waals surface area contributed by atoms with Gasteiger partial charge in [-0.2, -0.15) is 0 Å². The lowest BCUT2D eigenvalue weighted by Gasteiger charge is -2.29. The Bertz CT molecular complexity index is 733. The third-order valence-electron chi connectivity index (χ3n) is 5.31. The summed E-state index contributed by atoms with van der Waals surface area (Å²) >= 11 is 0. The van der Waals surface area contributed by atoms with Crippen molar-refractivity contribution in [3.63, 3.8) is 0 Å². The number of rotatable bonds is 6. The van der Waals surface area contributed by atoms with Gasteiger partial charge in [0.2, 0.25) is 11.8 Å². The van der Waals surface area contributed by atoms with E-state index in [1.54, 1.807) is 4.90 Å². The molecule has 2 atom stereocenters. The van der Waals surface area contributed by atoms with Crippen molar-refractivity contribution in [1.29, 1.82) is 0 Å². The van der Waals surface area contributed by atoms with Gasteiger partial charge in [-0.25, -0.2) is 0 Å². The Hall–Kier alpha value is -2.25. The topological polar surface area (TPSA) is 81.8 Å². The highest BCUT2D eigenvalue weighted by Crippen LogP contribution is 2.30. The molecule has 0 saturated carbocycles. The van der Waals surface area contributed by atoms with Gasteiger partial charge < -0.3 is 10.2 Å². The van der Waals surface area contributed by atoms with E-state index in [4.69, 9.17) is 0 Å². The smallest absolute Gasteiger partial charge is 0.255 e. The number of carbonyl (C=O) groups is 3. The zero-order valence-corrected chi connectivity index (χ0v) is 15.5. The number of benzene rings is 1. The van der Waals surface area contributed by atoms with Crippen molar-refractivity contribution >= 4 is 17.7 Å². The summed E-state index contributed by atoms with van der Waals surface area (Å²) in [4.78, 5) is 40.4. The van der Waals surface area contributed by atoms with Gasteiger partial charge in [-0.15, -0.1) is 0 Å². The molecule has 140 valence electrons. The van der Waals surface area contributed by atoms with Gasteiger partial charge in [0.05, 0.1) is 0 Å². The van der Waals surface area contributed by atoms with Gasteiger partial charge in [0.1, 0.15) is 6.04 Å². The van der Waals surface area contributed by atoms with Crippen LogP contribution in [0.4, 0.5) is 0 Å². The molecule has 0 aliphatic carbocycles. The number of piperidine rings is 1. The van der Waals surface area contributed by atoms with Crippen LogP contribution in [0.25, 0.3) is 0 Å². The van der Waals surface area contributed by atoms with Crippen LogP contribution >= 0.6 is 0 Å². The van der Waals surface area contributed by atoms with Crippen LogP contribution in [0.3, 0.4) is 0 Å². The van der Waals surface area contributed by atoms with Gasteiger partial charge in [0.25, 0.3) is 5.91 Å². The summed E-state index contributed by atoms with van der Waals surface area (Å²) in [5, 5.41) is 5.51. The third-order valence-corrected chi connectivity index (χ3v) is 5.31. The summed E-state index contributed by atoms with van der Waals surface area (Å²) in [6, 6.07) is 5.65. The Labute approximate surface area is 153 Å². The maximum Gasteiger partial charge on any atom is 0.255 e. The van der Waals surface area contributed by atoms with E-state index >= 15 is 0 Å². The van der Waals surface area contributed by atoms with Crippen molar-refractivity contribution in [1.82, 2.24) is 20.4 Å². The molecule has 3 rings (SSSR count). The minimum atomic E-state index is -0.568. The molecule has 1 saturated heterocycles. The minimum absolute atomic E-state index is 0.111. The molecule has 26 heavy (non-hydrogen) atoms. The first kappa shape index (κ1) is 18.5. The van der Waals surface area contributed by atoms with Crippen LogP contribution in [0.15, 0.2) is 18.2 Å². The largest absolute Gasteiger partial charge is 0.322 e. The van der Waals surface area contributed by atoms with Crippen molar-refractivity contribution in [2.45, 2.75) is 44.9 Å². The molecule has 1 aromatic carbocycles. The summed E-state index contributed by atoms with van der Waals surface area (Å²) in [6.45, 7) is 4.09. The highest BCUT2D eigenvalue weighted by Gasteiger charge is 2.40. The lowest BCUT2D eigenvalue weighted by atomic mass is 10.0. The zero-order valence-electron chi connectivity index (χ0n) is 15.5. The first-order valence-electron chi connectivity index (χ1n) is 9.02. The number of nitrogens with zero attached hydrogens (tertiary/aromatic N) is 2. The quantitative estimate of drug-likeness (QED) is 0.723. The number of imide groups is 1. The number of fused-ring (bicyclic) bond motifs is 1. The van der Waals surface area contributed by atoms with E-state index in [2.05, 4.69) is 22.5 Å². The molecule has 2 unspecified atom stereocenters. The Morgan fingerprint density at radius 2 is 2.12 bits per heavy atom. The van der Waals surface area contributed by atoms with Gasteiger partial charge >= 0.3 is 0 Å². The van der Waals surface area contributed by atoms with Gasteiger partial charge in [-0.3, -0.25) is 24.6 Å². The zero-order chi connectivity index (χ0) is 18.8. The summed E-state index contributed by atoms with van der Waals surface area (Å²) in [6.07, 6.45) is 0.659. The second-order valence-electron chi connectivity index (χ2n) is 7.17. The van der Waals surface area contributed by atoms with Crippen molar-refractivity contribution < 1.29 is 14.4 Å². The SMILES string of the molecule is CNCC(C)N(C)Cc1cccc2c1C(=O)N(C1CCC(=O)NC1=O)C2. The third kappa shape index (κ3) is 3.50. The average Bonchev–Trinajstić information content (AvgIpc) is 2.93. The van der Waals surface area contributed by atoms with Gasteiger partial charge in [0.15, 0.2) is 0 Å².